The van der Waals surface area contributed by atoms with Crippen LogP contribution in [0.25, 0.3) is 81.4 Å². The molecule has 7 aromatic carbocycles. The molecule has 0 spiro atoms. The first-order valence-corrected chi connectivity index (χ1v) is 24.6. The Morgan fingerprint density at radius 2 is 1.44 bits per heavy atom. The van der Waals surface area contributed by atoms with Crippen molar-refractivity contribution in [2.45, 2.75) is 39.9 Å². The molecule has 8 heteroatoms. The van der Waals surface area contributed by atoms with Gasteiger partial charge in [-0.15, -0.1) is 54.1 Å². The van der Waals surface area contributed by atoms with Gasteiger partial charge in [0.1, 0.15) is 11.6 Å². The van der Waals surface area contributed by atoms with Gasteiger partial charge in [-0.2, -0.15) is 11.3 Å². The molecule has 61 heavy (non-hydrogen) atoms. The van der Waals surface area contributed by atoms with Gasteiger partial charge in [0.05, 0.1) is 30.6 Å². The van der Waals surface area contributed by atoms with E-state index in [9.17, 15) is 4.39 Å². The summed E-state index contributed by atoms with van der Waals surface area (Å²) >= 11 is 1.69. The first-order chi connectivity index (χ1) is 29.0. The van der Waals surface area contributed by atoms with Crippen LogP contribution in [0.4, 0.5) is 8.78 Å². The zero-order chi connectivity index (χ0) is 41.5. The molecule has 0 atom stereocenters. The number of pyridine rings is 1. The summed E-state index contributed by atoms with van der Waals surface area (Å²) in [5, 5.41) is 4.99. The number of halogens is 2. The molecule has 0 aliphatic carbocycles. The fourth-order valence-electron chi connectivity index (χ4n) is 8.17. The van der Waals surface area contributed by atoms with Gasteiger partial charge in [-0.3, -0.25) is 4.98 Å². The van der Waals surface area contributed by atoms with Gasteiger partial charge >= 0.3 is 0 Å². The number of nitrogens with zero attached hydrogens (tertiary/aromatic N) is 3. The number of fused-ring (bicyclic) bond motifs is 5. The first kappa shape index (κ1) is 42.1. The standard InChI is InChI=1S/C35H19F2N2S.C18H24NSi.Ir/c36-22-17-18-30-31(19-22)39(35(38-30)27-15-8-14-26-24-12-6-7-16-32(24)40-34(26)27)33-25-13-5-4-11-23(25)29(37)20-28(33)21-9-2-1-3-10-21;1-14(2)11-16-12-17(15-9-7-6-8-10-15)19-13-18(16)20(3,4)5;/h1-14,16-20H;6-9,12-14H,11H2,1-5H3;/q2*-1;. The van der Waals surface area contributed by atoms with Gasteiger partial charge < -0.3 is 9.55 Å². The van der Waals surface area contributed by atoms with Gasteiger partial charge in [0.2, 0.25) is 0 Å². The second kappa shape index (κ2) is 17.4. The Hall–Kier alpha value is -5.63. The SMILES string of the molecule is CC(C)Cc1cc(-c2[c-]cccc2)ncc1[Si](C)(C)C.Fc1ccc2nc(-c3[c-]ccc4c3sc3ccccc34)n(-c3c(-c4ccccc4)cc(F)c4ccccc34)c2c1.[Ir]. The molecule has 3 nitrogen and oxygen atoms in total. The minimum atomic E-state index is -1.34. The van der Waals surface area contributed by atoms with Crippen LogP contribution in [0.1, 0.15) is 19.4 Å². The molecule has 0 aliphatic heterocycles. The molecule has 0 bridgehead atoms. The van der Waals surface area contributed by atoms with Crippen molar-refractivity contribution in [1.29, 1.82) is 0 Å². The monoisotopic (exact) mass is 1010 g/mol. The summed E-state index contributed by atoms with van der Waals surface area (Å²) < 4.78 is 34.6. The average molecular weight is 1010 g/mol. The molecule has 10 rings (SSSR count). The summed E-state index contributed by atoms with van der Waals surface area (Å²) in [5.41, 5.74) is 7.98. The number of benzene rings is 7. The van der Waals surface area contributed by atoms with E-state index in [1.54, 1.807) is 29.5 Å². The van der Waals surface area contributed by atoms with Crippen LogP contribution >= 0.6 is 11.3 Å². The zero-order valence-electron chi connectivity index (χ0n) is 34.6. The van der Waals surface area contributed by atoms with E-state index in [-0.39, 0.29) is 31.7 Å². The molecular formula is C53H43F2IrN3SSi-2. The normalized spacial score (nSPS) is 11.6. The van der Waals surface area contributed by atoms with Crippen LogP contribution in [-0.4, -0.2) is 22.6 Å². The molecule has 0 aliphatic rings. The summed E-state index contributed by atoms with van der Waals surface area (Å²) in [7, 11) is -1.34. The van der Waals surface area contributed by atoms with Crippen molar-refractivity contribution < 1.29 is 28.9 Å². The van der Waals surface area contributed by atoms with Crippen LogP contribution in [-0.2, 0) is 26.5 Å². The summed E-state index contributed by atoms with van der Waals surface area (Å²) in [6, 6.07) is 52.7. The molecule has 0 saturated carbocycles. The molecule has 0 amide bonds. The quantitative estimate of drug-likeness (QED) is 0.118. The second-order valence-corrected chi connectivity index (χ2v) is 22.7. The fourth-order valence-corrected chi connectivity index (χ4v) is 11.0. The molecule has 0 fully saturated rings. The minimum absolute atomic E-state index is 0. The predicted molar refractivity (Wildman–Crippen MR) is 251 cm³/mol. The maximum Gasteiger partial charge on any atom is 0.131 e. The first-order valence-electron chi connectivity index (χ1n) is 20.3. The third-order valence-electron chi connectivity index (χ3n) is 10.9. The van der Waals surface area contributed by atoms with Gasteiger partial charge in [-0.05, 0) is 69.2 Å². The van der Waals surface area contributed by atoms with Crippen LogP contribution in [0.5, 0.6) is 0 Å². The summed E-state index contributed by atoms with van der Waals surface area (Å²) in [5.74, 6) is 0.622. The van der Waals surface area contributed by atoms with Crippen molar-refractivity contribution >= 4 is 66.6 Å². The van der Waals surface area contributed by atoms with E-state index >= 15 is 4.39 Å². The smallest absolute Gasteiger partial charge is 0.131 e. The van der Waals surface area contributed by atoms with Crippen LogP contribution in [0.3, 0.4) is 0 Å². The number of aromatic nitrogens is 3. The van der Waals surface area contributed by atoms with Crippen molar-refractivity contribution in [2.75, 3.05) is 0 Å². The van der Waals surface area contributed by atoms with Crippen molar-refractivity contribution in [2.24, 2.45) is 5.92 Å². The van der Waals surface area contributed by atoms with E-state index in [0.29, 0.717) is 33.7 Å². The van der Waals surface area contributed by atoms with E-state index in [1.165, 1.54) is 33.0 Å². The Morgan fingerprint density at radius 3 is 2.18 bits per heavy atom. The Labute approximate surface area is 374 Å². The second-order valence-electron chi connectivity index (χ2n) is 16.6. The molecule has 3 aromatic heterocycles. The molecule has 0 saturated heterocycles. The van der Waals surface area contributed by atoms with Crippen molar-refractivity contribution in [3.63, 3.8) is 0 Å². The van der Waals surface area contributed by atoms with Gasteiger partial charge in [-0.1, -0.05) is 129 Å². The summed E-state index contributed by atoms with van der Waals surface area (Å²) in [6.07, 6.45) is 3.24. The predicted octanol–water partition coefficient (Wildman–Crippen LogP) is 14.2. The van der Waals surface area contributed by atoms with Gasteiger partial charge in [-0.25, -0.2) is 8.78 Å². The number of imidazole rings is 1. The third kappa shape index (κ3) is 8.26. The Bertz CT molecular complexity index is 3170. The van der Waals surface area contributed by atoms with Gasteiger partial charge in [0.15, 0.2) is 0 Å². The van der Waals surface area contributed by atoms with Crippen LogP contribution in [0, 0.1) is 29.7 Å². The summed E-state index contributed by atoms with van der Waals surface area (Å²) in [6.45, 7) is 11.7. The van der Waals surface area contributed by atoms with Crippen LogP contribution in [0.15, 0.2) is 152 Å². The Morgan fingerprint density at radius 1 is 0.721 bits per heavy atom. The third-order valence-corrected chi connectivity index (χ3v) is 14.1. The van der Waals surface area contributed by atoms with E-state index in [4.69, 9.17) is 4.98 Å². The van der Waals surface area contributed by atoms with Gasteiger partial charge in [0.25, 0.3) is 0 Å². The molecule has 0 N–H and O–H groups in total. The molecule has 305 valence electrons. The molecular weight excluding hydrogens is 969 g/mol. The topological polar surface area (TPSA) is 30.7 Å². The van der Waals surface area contributed by atoms with E-state index < -0.39 is 8.07 Å². The van der Waals surface area contributed by atoms with E-state index in [2.05, 4.69) is 87.1 Å². The number of hydrogen-bond donors (Lipinski definition) is 0. The number of hydrogen-bond acceptors (Lipinski definition) is 3. The average Bonchev–Trinajstić information content (AvgIpc) is 3.82. The Kier molecular flexibility index (Phi) is 12.0. The number of thiophene rings is 1. The van der Waals surface area contributed by atoms with Crippen molar-refractivity contribution in [3.05, 3.63) is 181 Å². The number of rotatable bonds is 7. The van der Waals surface area contributed by atoms with Crippen molar-refractivity contribution in [3.8, 4) is 39.5 Å². The Balaban J connectivity index is 0.000000208. The van der Waals surface area contributed by atoms with Crippen molar-refractivity contribution in [1.82, 2.24) is 14.5 Å². The molecule has 3 heterocycles. The molecule has 0 unspecified atom stereocenters. The van der Waals surface area contributed by atoms with Gasteiger partial charge in [0, 0.05) is 47.3 Å². The fraction of sp³-hybridized carbons (Fsp3) is 0.132. The van der Waals surface area contributed by atoms with Crippen LogP contribution in [0.2, 0.25) is 19.6 Å². The maximum atomic E-state index is 15.6. The maximum absolute atomic E-state index is 15.6. The summed E-state index contributed by atoms with van der Waals surface area (Å²) in [4.78, 5) is 9.75. The van der Waals surface area contributed by atoms with E-state index in [0.717, 1.165) is 50.0 Å². The molecule has 1 radical (unpaired) electrons. The largest absolute Gasteiger partial charge is 0.332 e. The molecule has 10 aromatic rings. The van der Waals surface area contributed by atoms with Crippen LogP contribution < -0.4 is 5.19 Å². The van der Waals surface area contributed by atoms with E-state index in [1.807, 2.05) is 89.5 Å². The zero-order valence-corrected chi connectivity index (χ0v) is 38.8. The minimum Gasteiger partial charge on any atom is -0.332 e.